The number of unbranched alkanes of at least 4 members (excludes halogenated alkanes) is 27. The van der Waals surface area contributed by atoms with Gasteiger partial charge < -0.3 is 19.8 Å². The molecule has 1 rings (SSSR count). The smallest absolute Gasteiger partial charge is 0.407 e. The topological polar surface area (TPSA) is 50.3 Å². The van der Waals surface area contributed by atoms with Gasteiger partial charge >= 0.3 is 6.09 Å². The number of hydrogen-bond acceptors (Lipinski definition) is 4. The molecule has 0 bridgehead atoms. The van der Waals surface area contributed by atoms with Crippen LogP contribution >= 0.6 is 0 Å². The van der Waals surface area contributed by atoms with Gasteiger partial charge in [0.05, 0.1) is 0 Å². The first-order chi connectivity index (χ1) is 25.1. The number of rotatable bonds is 39. The highest BCUT2D eigenvalue weighted by Crippen LogP contribution is 2.15. The zero-order chi connectivity index (χ0) is 36.9. The second kappa shape index (κ2) is 37.5. The van der Waals surface area contributed by atoms with Crippen molar-refractivity contribution in [2.45, 2.75) is 213 Å². The molecule has 0 spiro atoms. The predicted octanol–water partition coefficient (Wildman–Crippen LogP) is 12.6. The van der Waals surface area contributed by atoms with E-state index in [9.17, 15) is 9.90 Å². The van der Waals surface area contributed by atoms with Crippen molar-refractivity contribution in [3.8, 4) is 0 Å². The number of nitrogens with zero attached hydrogens (tertiary/aromatic N) is 4. The van der Waals surface area contributed by atoms with Crippen LogP contribution in [0.25, 0.3) is 0 Å². The molecular formula is C45H92N4O2. The fraction of sp³-hybridized carbons (Fsp3) is 0.978. The van der Waals surface area contributed by atoms with E-state index in [1.807, 2.05) is 0 Å². The van der Waals surface area contributed by atoms with Crippen LogP contribution in [0.1, 0.15) is 213 Å². The molecule has 1 saturated heterocycles. The molecule has 0 saturated carbocycles. The lowest BCUT2D eigenvalue weighted by molar-refractivity contribution is 0.0975. The van der Waals surface area contributed by atoms with Crippen LogP contribution in [0.2, 0.25) is 0 Å². The third-order valence-corrected chi connectivity index (χ3v) is 11.6. The lowest BCUT2D eigenvalue weighted by Gasteiger charge is -2.35. The molecule has 6 heteroatoms. The summed E-state index contributed by atoms with van der Waals surface area (Å²) in [5.74, 6) is 0. The number of hydrogen-bond donors (Lipinski definition) is 1. The van der Waals surface area contributed by atoms with Crippen LogP contribution in [0.15, 0.2) is 0 Å². The number of amides is 1. The Labute approximate surface area is 320 Å². The van der Waals surface area contributed by atoms with E-state index in [1.54, 1.807) is 4.90 Å². The van der Waals surface area contributed by atoms with Crippen molar-refractivity contribution in [1.82, 2.24) is 19.6 Å². The Bertz CT molecular complexity index is 690. The first-order valence-electron chi connectivity index (χ1n) is 23.3. The van der Waals surface area contributed by atoms with Crippen molar-refractivity contribution in [2.75, 3.05) is 72.0 Å². The maximum absolute atomic E-state index is 11.4. The summed E-state index contributed by atoms with van der Waals surface area (Å²) in [6.45, 7) is 18.3. The normalized spacial score (nSPS) is 14.0. The van der Waals surface area contributed by atoms with Gasteiger partial charge in [-0.15, -0.1) is 0 Å². The van der Waals surface area contributed by atoms with Crippen LogP contribution in [0, 0.1) is 0 Å². The molecule has 1 amide bonds. The molecule has 6 nitrogen and oxygen atoms in total. The van der Waals surface area contributed by atoms with E-state index in [0.717, 1.165) is 26.2 Å². The molecule has 0 unspecified atom stereocenters. The molecule has 0 aromatic rings. The summed E-state index contributed by atoms with van der Waals surface area (Å²) in [4.78, 5) is 21.1. The van der Waals surface area contributed by atoms with Crippen LogP contribution in [0.5, 0.6) is 0 Å². The van der Waals surface area contributed by atoms with Crippen LogP contribution in [0.3, 0.4) is 0 Å². The molecule has 0 aliphatic carbocycles. The van der Waals surface area contributed by atoms with Gasteiger partial charge in [0.15, 0.2) is 0 Å². The Balaban J connectivity index is 2.53. The van der Waals surface area contributed by atoms with Gasteiger partial charge in [-0.2, -0.15) is 0 Å². The van der Waals surface area contributed by atoms with Gasteiger partial charge in [0.2, 0.25) is 0 Å². The van der Waals surface area contributed by atoms with E-state index >= 15 is 0 Å². The molecule has 304 valence electrons. The monoisotopic (exact) mass is 721 g/mol. The van der Waals surface area contributed by atoms with Gasteiger partial charge in [-0.3, -0.25) is 4.90 Å². The van der Waals surface area contributed by atoms with Gasteiger partial charge in [0, 0.05) is 52.4 Å². The number of carbonyl (C=O) groups is 1. The average Bonchev–Trinajstić information content (AvgIpc) is 3.14. The minimum Gasteiger partial charge on any atom is -0.465 e. The maximum atomic E-state index is 11.4. The minimum absolute atomic E-state index is 0.652. The van der Waals surface area contributed by atoms with E-state index < -0.39 is 6.09 Å². The standard InChI is InChI=1S/C45H92N4O2/c1-4-7-10-13-16-19-22-25-28-31-34-46(35-32-29-26-23-20-17-14-11-8-5-2)37-38-47(36-33-30-27-24-21-18-15-12-9-6-3)39-40-48-41-43-49(44-42-48)45(50)51/h4-44H2,1-3H3,(H,50,51). The molecule has 1 heterocycles. The second-order valence-electron chi connectivity index (χ2n) is 16.3. The predicted molar refractivity (Wildman–Crippen MR) is 224 cm³/mol. The SMILES string of the molecule is CCCCCCCCCCCCN(CCCCCCCCCCCC)CCN(CCCCCCCCCCCC)CCN1CCN(C(=O)O)CC1. The Morgan fingerprint density at radius 1 is 0.392 bits per heavy atom. The van der Waals surface area contributed by atoms with Crippen LogP contribution in [-0.2, 0) is 0 Å². The van der Waals surface area contributed by atoms with Gasteiger partial charge in [-0.1, -0.05) is 194 Å². The maximum Gasteiger partial charge on any atom is 0.407 e. The van der Waals surface area contributed by atoms with Gasteiger partial charge in [-0.05, 0) is 38.9 Å². The highest BCUT2D eigenvalue weighted by Gasteiger charge is 2.20. The number of carboxylic acid groups (broad SMARTS) is 1. The molecule has 0 aromatic carbocycles. The quantitative estimate of drug-likeness (QED) is 0.0641. The lowest BCUT2D eigenvalue weighted by atomic mass is 10.1. The van der Waals surface area contributed by atoms with Crippen molar-refractivity contribution in [3.63, 3.8) is 0 Å². The fourth-order valence-corrected chi connectivity index (χ4v) is 7.87. The van der Waals surface area contributed by atoms with Crippen LogP contribution in [-0.4, -0.2) is 103 Å². The first-order valence-corrected chi connectivity index (χ1v) is 23.3. The highest BCUT2D eigenvalue weighted by molar-refractivity contribution is 5.65. The van der Waals surface area contributed by atoms with E-state index in [1.165, 1.54) is 225 Å². The van der Waals surface area contributed by atoms with Crippen molar-refractivity contribution in [3.05, 3.63) is 0 Å². The Morgan fingerprint density at radius 3 is 0.961 bits per heavy atom. The molecule has 0 aromatic heterocycles. The highest BCUT2D eigenvalue weighted by atomic mass is 16.4. The molecule has 1 aliphatic rings. The lowest BCUT2D eigenvalue weighted by Crippen LogP contribution is -2.50. The first kappa shape index (κ1) is 48.2. The minimum atomic E-state index is -0.762. The third kappa shape index (κ3) is 31.2. The van der Waals surface area contributed by atoms with Gasteiger partial charge in [0.25, 0.3) is 0 Å². The molecule has 0 radical (unpaired) electrons. The van der Waals surface area contributed by atoms with Crippen molar-refractivity contribution in [2.24, 2.45) is 0 Å². The van der Waals surface area contributed by atoms with Crippen LogP contribution < -0.4 is 0 Å². The molecule has 1 fully saturated rings. The van der Waals surface area contributed by atoms with Crippen LogP contribution in [0.4, 0.5) is 4.79 Å². The zero-order valence-corrected chi connectivity index (χ0v) is 35.1. The summed E-state index contributed by atoms with van der Waals surface area (Å²) in [6.07, 6.45) is 41.4. The summed E-state index contributed by atoms with van der Waals surface area (Å²) in [7, 11) is 0. The van der Waals surface area contributed by atoms with E-state index in [0.29, 0.717) is 13.1 Å². The third-order valence-electron chi connectivity index (χ3n) is 11.6. The molecule has 1 N–H and O–H groups in total. The van der Waals surface area contributed by atoms with E-state index in [4.69, 9.17) is 0 Å². The molecular weight excluding hydrogens is 629 g/mol. The van der Waals surface area contributed by atoms with Crippen molar-refractivity contribution in [1.29, 1.82) is 0 Å². The van der Waals surface area contributed by atoms with E-state index in [2.05, 4.69) is 35.5 Å². The second-order valence-corrected chi connectivity index (χ2v) is 16.3. The van der Waals surface area contributed by atoms with Crippen molar-refractivity contribution < 1.29 is 9.90 Å². The zero-order valence-electron chi connectivity index (χ0n) is 35.1. The van der Waals surface area contributed by atoms with Gasteiger partial charge in [0.1, 0.15) is 0 Å². The molecule has 0 atom stereocenters. The summed E-state index contributed by atoms with van der Waals surface area (Å²) in [5.41, 5.74) is 0. The van der Waals surface area contributed by atoms with Crippen molar-refractivity contribution >= 4 is 6.09 Å². The summed E-state index contributed by atoms with van der Waals surface area (Å²) >= 11 is 0. The molecule has 51 heavy (non-hydrogen) atoms. The van der Waals surface area contributed by atoms with Gasteiger partial charge in [-0.25, -0.2) is 4.79 Å². The summed E-state index contributed by atoms with van der Waals surface area (Å²) in [6, 6.07) is 0. The Hall–Kier alpha value is -0.850. The largest absolute Gasteiger partial charge is 0.465 e. The summed E-state index contributed by atoms with van der Waals surface area (Å²) < 4.78 is 0. The Morgan fingerprint density at radius 2 is 0.667 bits per heavy atom. The number of piperazine rings is 1. The average molecular weight is 721 g/mol. The Kier molecular flexibility index (Phi) is 35.4. The summed E-state index contributed by atoms with van der Waals surface area (Å²) in [5, 5.41) is 9.39. The fourth-order valence-electron chi connectivity index (χ4n) is 7.87. The van der Waals surface area contributed by atoms with E-state index in [-0.39, 0.29) is 0 Å². The molecule has 1 aliphatic heterocycles.